The molecule has 2 fully saturated rings. The van der Waals surface area contributed by atoms with Crippen molar-refractivity contribution in [3.8, 4) is 0 Å². The third-order valence-electron chi connectivity index (χ3n) is 11.0. The highest BCUT2D eigenvalue weighted by Gasteiger charge is 2.36. The Balaban J connectivity index is 1.17. The zero-order chi connectivity index (χ0) is 29.7. The highest BCUT2D eigenvalue weighted by molar-refractivity contribution is 7.26. The van der Waals surface area contributed by atoms with Gasteiger partial charge in [-0.1, -0.05) is 97.1 Å². The molecule has 224 valence electrons. The standard InChI is InChI=1S/C42H39NOS/c1-3-11-28(12-4-1)30-19-23-32(24-20-30)43(33-25-21-31(22-26-33)29-13-5-2-6-14-29)36-27-39-41(35-16-8-10-18-38(35)45-39)42-40(36)34-15-7-9-17-37(34)44-42/h1-18,27,30-33H,19-26H2. The van der Waals surface area contributed by atoms with E-state index in [1.54, 1.807) is 0 Å². The zero-order valence-electron chi connectivity index (χ0n) is 25.7. The van der Waals surface area contributed by atoms with Crippen molar-refractivity contribution in [2.24, 2.45) is 0 Å². The lowest BCUT2D eigenvalue weighted by Gasteiger charge is -2.46. The fourth-order valence-corrected chi connectivity index (χ4v) is 9.93. The fraction of sp³-hybridized carbons (Fsp3) is 0.286. The average molecular weight is 606 g/mol. The molecule has 3 heteroatoms. The second kappa shape index (κ2) is 11.4. The van der Waals surface area contributed by atoms with E-state index in [1.165, 1.54) is 99.1 Å². The van der Waals surface area contributed by atoms with Gasteiger partial charge < -0.3 is 9.32 Å². The molecule has 9 rings (SSSR count). The van der Waals surface area contributed by atoms with Gasteiger partial charge in [0.25, 0.3) is 0 Å². The van der Waals surface area contributed by atoms with Crippen LogP contribution < -0.4 is 4.90 Å². The number of furan rings is 1. The summed E-state index contributed by atoms with van der Waals surface area (Å²) in [5, 5.41) is 5.16. The highest BCUT2D eigenvalue weighted by atomic mass is 32.1. The van der Waals surface area contributed by atoms with Gasteiger partial charge in [-0.25, -0.2) is 0 Å². The number of rotatable bonds is 5. The number of hydrogen-bond donors (Lipinski definition) is 0. The largest absolute Gasteiger partial charge is 0.455 e. The molecule has 7 aromatic rings. The molecule has 0 unspecified atom stereocenters. The molecule has 2 aliphatic rings. The molecule has 2 nitrogen and oxygen atoms in total. The molecule has 2 aromatic heterocycles. The number of benzene rings is 5. The average Bonchev–Trinajstić information content (AvgIpc) is 3.68. The van der Waals surface area contributed by atoms with Gasteiger partial charge in [0.1, 0.15) is 11.2 Å². The molecule has 2 aliphatic carbocycles. The Labute approximate surface area is 269 Å². The van der Waals surface area contributed by atoms with Crippen LogP contribution in [0.5, 0.6) is 0 Å². The number of thiophene rings is 1. The Hall–Kier alpha value is -4.08. The number of anilines is 1. The third-order valence-corrected chi connectivity index (χ3v) is 12.1. The van der Waals surface area contributed by atoms with E-state index in [4.69, 9.17) is 4.42 Å². The van der Waals surface area contributed by atoms with Gasteiger partial charge in [-0.15, -0.1) is 11.3 Å². The monoisotopic (exact) mass is 605 g/mol. The first-order chi connectivity index (χ1) is 22.3. The molecule has 45 heavy (non-hydrogen) atoms. The van der Waals surface area contributed by atoms with Crippen LogP contribution in [0.25, 0.3) is 42.1 Å². The van der Waals surface area contributed by atoms with Gasteiger partial charge in [-0.3, -0.25) is 0 Å². The van der Waals surface area contributed by atoms with Crippen LogP contribution in [-0.2, 0) is 0 Å². The maximum absolute atomic E-state index is 6.83. The second-order valence-electron chi connectivity index (χ2n) is 13.4. The van der Waals surface area contributed by atoms with Gasteiger partial charge in [0.2, 0.25) is 0 Å². The summed E-state index contributed by atoms with van der Waals surface area (Å²) in [6.07, 6.45) is 9.96. The topological polar surface area (TPSA) is 16.4 Å². The van der Waals surface area contributed by atoms with Crippen molar-refractivity contribution in [1.82, 2.24) is 0 Å². The van der Waals surface area contributed by atoms with E-state index in [9.17, 15) is 0 Å². The molecule has 0 N–H and O–H groups in total. The van der Waals surface area contributed by atoms with E-state index in [1.807, 2.05) is 11.3 Å². The number of hydrogen-bond acceptors (Lipinski definition) is 3. The second-order valence-corrected chi connectivity index (χ2v) is 14.5. The van der Waals surface area contributed by atoms with Crippen LogP contribution >= 0.6 is 11.3 Å². The van der Waals surface area contributed by atoms with Gasteiger partial charge in [-0.05, 0) is 92.5 Å². The van der Waals surface area contributed by atoms with Gasteiger partial charge >= 0.3 is 0 Å². The minimum atomic E-state index is 0.534. The van der Waals surface area contributed by atoms with Crippen LogP contribution in [0.1, 0.15) is 74.3 Å². The van der Waals surface area contributed by atoms with E-state index in [0.717, 1.165) is 11.2 Å². The lowest BCUT2D eigenvalue weighted by Crippen LogP contribution is -2.46. The van der Waals surface area contributed by atoms with E-state index in [2.05, 4.69) is 120 Å². The summed E-state index contributed by atoms with van der Waals surface area (Å²) in [7, 11) is 0. The smallest absolute Gasteiger partial charge is 0.146 e. The molecule has 0 atom stereocenters. The minimum Gasteiger partial charge on any atom is -0.455 e. The molecule has 2 saturated carbocycles. The van der Waals surface area contributed by atoms with E-state index in [0.29, 0.717) is 23.9 Å². The lowest BCUT2D eigenvalue weighted by molar-refractivity contribution is 0.311. The quantitative estimate of drug-likeness (QED) is 0.194. The van der Waals surface area contributed by atoms with Crippen molar-refractivity contribution in [2.75, 3.05) is 4.90 Å². The Bertz CT molecular complexity index is 2030. The maximum Gasteiger partial charge on any atom is 0.146 e. The summed E-state index contributed by atoms with van der Waals surface area (Å²) in [5.74, 6) is 1.33. The first kappa shape index (κ1) is 27.2. The summed E-state index contributed by atoms with van der Waals surface area (Å²) < 4.78 is 9.51. The van der Waals surface area contributed by atoms with Crippen LogP contribution in [0.3, 0.4) is 0 Å². The molecule has 0 aliphatic heterocycles. The van der Waals surface area contributed by atoms with Gasteiger partial charge in [0.05, 0.1) is 11.1 Å². The summed E-state index contributed by atoms with van der Waals surface area (Å²) in [6.45, 7) is 0. The Morgan fingerprint density at radius 2 is 1.04 bits per heavy atom. The minimum absolute atomic E-state index is 0.534. The van der Waals surface area contributed by atoms with E-state index < -0.39 is 0 Å². The number of nitrogens with zero attached hydrogens (tertiary/aromatic N) is 1. The lowest BCUT2D eigenvalue weighted by atomic mass is 9.78. The molecule has 2 heterocycles. The molecular formula is C42H39NOS. The van der Waals surface area contributed by atoms with E-state index >= 15 is 0 Å². The van der Waals surface area contributed by atoms with Gasteiger partial charge in [0, 0.05) is 37.6 Å². The molecule has 0 amide bonds. The Kier molecular flexibility index (Phi) is 6.89. The van der Waals surface area contributed by atoms with Crippen molar-refractivity contribution in [2.45, 2.75) is 75.3 Å². The number of para-hydroxylation sites is 1. The molecule has 5 aromatic carbocycles. The van der Waals surface area contributed by atoms with Crippen LogP contribution in [0, 0.1) is 0 Å². The van der Waals surface area contributed by atoms with Crippen molar-refractivity contribution < 1.29 is 4.42 Å². The fourth-order valence-electron chi connectivity index (χ4n) is 8.79. The molecule has 0 saturated heterocycles. The zero-order valence-corrected chi connectivity index (χ0v) is 26.5. The molecule has 0 spiro atoms. The van der Waals surface area contributed by atoms with Crippen LogP contribution in [0.4, 0.5) is 5.69 Å². The third kappa shape index (κ3) is 4.75. The SMILES string of the molecule is c1ccc(C2CCC(N(c3cc4sc5ccccc5c4c4oc5ccccc5c34)C3CCC(c4ccccc4)CC3)CC2)cc1. The first-order valence-corrected chi connectivity index (χ1v) is 17.8. The summed E-state index contributed by atoms with van der Waals surface area (Å²) >= 11 is 1.92. The highest BCUT2D eigenvalue weighted by Crippen LogP contribution is 2.49. The van der Waals surface area contributed by atoms with Gasteiger partial charge in [-0.2, -0.15) is 0 Å². The summed E-state index contributed by atoms with van der Waals surface area (Å²) in [4.78, 5) is 2.93. The van der Waals surface area contributed by atoms with Crippen LogP contribution in [0.2, 0.25) is 0 Å². The number of fused-ring (bicyclic) bond motifs is 7. The van der Waals surface area contributed by atoms with Crippen LogP contribution in [-0.4, -0.2) is 12.1 Å². The van der Waals surface area contributed by atoms with Gasteiger partial charge in [0.15, 0.2) is 0 Å². The first-order valence-electron chi connectivity index (χ1n) is 17.0. The molecule has 0 radical (unpaired) electrons. The van der Waals surface area contributed by atoms with Crippen molar-refractivity contribution in [3.05, 3.63) is 126 Å². The van der Waals surface area contributed by atoms with Crippen molar-refractivity contribution >= 4 is 59.1 Å². The van der Waals surface area contributed by atoms with Crippen molar-refractivity contribution in [1.29, 1.82) is 0 Å². The maximum atomic E-state index is 6.83. The predicted octanol–water partition coefficient (Wildman–Crippen LogP) is 12.2. The molecular weight excluding hydrogens is 567 g/mol. The van der Waals surface area contributed by atoms with Crippen LogP contribution in [0.15, 0.2) is 120 Å². The summed E-state index contributed by atoms with van der Waals surface area (Å²) in [6, 6.07) is 43.7. The predicted molar refractivity (Wildman–Crippen MR) is 192 cm³/mol. The van der Waals surface area contributed by atoms with E-state index in [-0.39, 0.29) is 0 Å². The van der Waals surface area contributed by atoms with Crippen molar-refractivity contribution in [3.63, 3.8) is 0 Å². The summed E-state index contributed by atoms with van der Waals surface area (Å²) in [5.41, 5.74) is 6.50. The molecule has 0 bridgehead atoms. The Morgan fingerprint density at radius 3 is 1.67 bits per heavy atom. The normalized spacial score (nSPS) is 22.4. The Morgan fingerprint density at radius 1 is 0.511 bits per heavy atom.